The van der Waals surface area contributed by atoms with Gasteiger partial charge in [-0.25, -0.2) is 17.8 Å². The Bertz CT molecular complexity index is 1090. The normalized spacial score (nSPS) is 17.2. The number of sulfonamides is 1. The number of carbonyl (C=O) groups is 1. The quantitative estimate of drug-likeness (QED) is 0.675. The summed E-state index contributed by atoms with van der Waals surface area (Å²) in [6.45, 7) is 0.945. The van der Waals surface area contributed by atoms with Gasteiger partial charge in [-0.3, -0.25) is 4.79 Å². The first kappa shape index (κ1) is 19.2. The zero-order chi connectivity index (χ0) is 20.3. The minimum Gasteiger partial charge on any atom is -0.337 e. The van der Waals surface area contributed by atoms with Gasteiger partial charge in [-0.05, 0) is 53.6 Å². The minimum atomic E-state index is -3.76. The van der Waals surface area contributed by atoms with Gasteiger partial charge in [-0.2, -0.15) is 0 Å². The second-order valence-corrected chi connectivity index (χ2v) is 8.54. The highest BCUT2D eigenvalue weighted by atomic mass is 32.2. The van der Waals surface area contributed by atoms with Crippen molar-refractivity contribution in [2.24, 2.45) is 0 Å². The number of piperidine rings is 1. The average molecular weight is 412 g/mol. The fourth-order valence-electron chi connectivity index (χ4n) is 3.38. The number of likely N-dealkylation sites (tertiary alicyclic amines) is 1. The van der Waals surface area contributed by atoms with Crippen LogP contribution in [0.15, 0.2) is 65.8 Å². The van der Waals surface area contributed by atoms with E-state index in [0.29, 0.717) is 30.8 Å². The Morgan fingerprint density at radius 1 is 1.10 bits per heavy atom. The number of aromatic nitrogens is 4. The molecule has 0 aliphatic carbocycles. The second-order valence-electron chi connectivity index (χ2n) is 6.83. The van der Waals surface area contributed by atoms with E-state index in [1.54, 1.807) is 29.2 Å². The molecule has 0 unspecified atom stereocenters. The summed E-state index contributed by atoms with van der Waals surface area (Å²) in [7, 11) is -3.76. The van der Waals surface area contributed by atoms with Crippen LogP contribution in [0.5, 0.6) is 0 Å². The van der Waals surface area contributed by atoms with Crippen LogP contribution < -0.4 is 4.72 Å². The van der Waals surface area contributed by atoms with Crippen molar-refractivity contribution >= 4 is 15.9 Å². The van der Waals surface area contributed by atoms with Crippen molar-refractivity contribution in [2.45, 2.75) is 23.8 Å². The molecule has 1 amide bonds. The lowest BCUT2D eigenvalue weighted by atomic mass is 10.1. The Morgan fingerprint density at radius 3 is 2.69 bits per heavy atom. The van der Waals surface area contributed by atoms with E-state index < -0.39 is 10.0 Å². The lowest BCUT2D eigenvalue weighted by Crippen LogP contribution is -2.49. The molecule has 3 aromatic rings. The van der Waals surface area contributed by atoms with Crippen LogP contribution in [-0.4, -0.2) is 58.6 Å². The van der Waals surface area contributed by atoms with Crippen LogP contribution in [0.3, 0.4) is 0 Å². The number of carbonyl (C=O) groups excluding carboxylic acids is 1. The van der Waals surface area contributed by atoms with Gasteiger partial charge >= 0.3 is 0 Å². The molecule has 1 N–H and O–H groups in total. The number of nitrogens with one attached hydrogen (secondary N) is 1. The molecule has 2 aromatic carbocycles. The van der Waals surface area contributed by atoms with Crippen molar-refractivity contribution < 1.29 is 13.2 Å². The Balaban J connectivity index is 1.48. The van der Waals surface area contributed by atoms with Crippen LogP contribution in [0.4, 0.5) is 0 Å². The predicted molar refractivity (Wildman–Crippen MR) is 105 cm³/mol. The maximum absolute atomic E-state index is 12.9. The van der Waals surface area contributed by atoms with Crippen LogP contribution in [-0.2, 0) is 10.0 Å². The highest BCUT2D eigenvalue weighted by Crippen LogP contribution is 2.18. The first-order chi connectivity index (χ1) is 14.0. The fourth-order valence-corrected chi connectivity index (χ4v) is 4.68. The van der Waals surface area contributed by atoms with Crippen LogP contribution in [0.25, 0.3) is 5.69 Å². The van der Waals surface area contributed by atoms with Crippen LogP contribution in [0.1, 0.15) is 23.2 Å². The molecule has 150 valence electrons. The SMILES string of the molecule is O=C(c1ccccc1)N1CCC[C@@H](NS(=O)(=O)c2cccc(-n3cnnn3)c2)C1. The molecule has 1 aliphatic heterocycles. The average Bonchev–Trinajstić information content (AvgIpc) is 3.29. The highest BCUT2D eigenvalue weighted by Gasteiger charge is 2.28. The molecule has 4 rings (SSSR count). The Labute approximate surface area is 168 Å². The molecule has 1 atom stereocenters. The van der Waals surface area contributed by atoms with Gasteiger partial charge in [0.1, 0.15) is 6.33 Å². The lowest BCUT2D eigenvalue weighted by Gasteiger charge is -2.33. The summed E-state index contributed by atoms with van der Waals surface area (Å²) in [6, 6.07) is 15.0. The van der Waals surface area contributed by atoms with Crippen molar-refractivity contribution in [1.29, 1.82) is 0 Å². The van der Waals surface area contributed by atoms with Gasteiger partial charge < -0.3 is 4.90 Å². The first-order valence-corrected chi connectivity index (χ1v) is 10.7. The van der Waals surface area contributed by atoms with Gasteiger partial charge in [0.15, 0.2) is 0 Å². The van der Waals surface area contributed by atoms with E-state index in [4.69, 9.17) is 0 Å². The number of amides is 1. The molecule has 9 nitrogen and oxygen atoms in total. The fraction of sp³-hybridized carbons (Fsp3) is 0.263. The Kier molecular flexibility index (Phi) is 5.36. The van der Waals surface area contributed by atoms with E-state index in [0.717, 1.165) is 6.42 Å². The smallest absolute Gasteiger partial charge is 0.253 e. The van der Waals surface area contributed by atoms with Crippen molar-refractivity contribution in [2.75, 3.05) is 13.1 Å². The second kappa shape index (κ2) is 8.10. The largest absolute Gasteiger partial charge is 0.337 e. The molecule has 1 fully saturated rings. The summed E-state index contributed by atoms with van der Waals surface area (Å²) in [4.78, 5) is 14.5. The zero-order valence-electron chi connectivity index (χ0n) is 15.5. The highest BCUT2D eigenvalue weighted by molar-refractivity contribution is 7.89. The molecule has 0 spiro atoms. The first-order valence-electron chi connectivity index (χ1n) is 9.23. The monoisotopic (exact) mass is 412 g/mol. The topological polar surface area (TPSA) is 110 Å². The molecule has 1 saturated heterocycles. The van der Waals surface area contributed by atoms with Gasteiger partial charge in [0.25, 0.3) is 5.91 Å². The number of hydrogen-bond donors (Lipinski definition) is 1. The van der Waals surface area contributed by atoms with E-state index in [-0.39, 0.29) is 16.8 Å². The Morgan fingerprint density at radius 2 is 1.93 bits per heavy atom. The maximum atomic E-state index is 12.9. The van der Waals surface area contributed by atoms with Crippen molar-refractivity contribution in [3.63, 3.8) is 0 Å². The summed E-state index contributed by atoms with van der Waals surface area (Å²) in [5.74, 6) is -0.0878. The summed E-state index contributed by atoms with van der Waals surface area (Å²) in [5, 5.41) is 10.9. The maximum Gasteiger partial charge on any atom is 0.253 e. The molecule has 1 aromatic heterocycles. The summed E-state index contributed by atoms with van der Waals surface area (Å²) >= 11 is 0. The van der Waals surface area contributed by atoms with Gasteiger partial charge in [-0.15, -0.1) is 5.10 Å². The van der Waals surface area contributed by atoms with Gasteiger partial charge in [0, 0.05) is 24.7 Å². The van der Waals surface area contributed by atoms with E-state index in [1.165, 1.54) is 23.1 Å². The van der Waals surface area contributed by atoms with Crippen LogP contribution in [0.2, 0.25) is 0 Å². The molecular formula is C19H20N6O3S. The molecular weight excluding hydrogens is 392 g/mol. The zero-order valence-corrected chi connectivity index (χ0v) is 16.4. The van der Waals surface area contributed by atoms with Crippen molar-refractivity contribution in [1.82, 2.24) is 29.8 Å². The van der Waals surface area contributed by atoms with E-state index >= 15 is 0 Å². The molecule has 0 radical (unpaired) electrons. The molecule has 29 heavy (non-hydrogen) atoms. The molecule has 10 heteroatoms. The number of benzene rings is 2. The summed E-state index contributed by atoms with van der Waals surface area (Å²) in [6.07, 6.45) is 2.80. The molecule has 0 bridgehead atoms. The molecule has 1 aliphatic rings. The third kappa shape index (κ3) is 4.33. The lowest BCUT2D eigenvalue weighted by molar-refractivity contribution is 0.0703. The van der Waals surface area contributed by atoms with Crippen LogP contribution >= 0.6 is 0 Å². The summed E-state index contributed by atoms with van der Waals surface area (Å²) < 4.78 is 29.9. The van der Waals surface area contributed by atoms with Crippen LogP contribution in [0, 0.1) is 0 Å². The number of rotatable bonds is 5. The third-order valence-corrected chi connectivity index (χ3v) is 6.31. The van der Waals surface area contributed by atoms with Crippen molar-refractivity contribution in [3.8, 4) is 5.69 Å². The number of hydrogen-bond acceptors (Lipinski definition) is 6. The standard InChI is InChI=1S/C19H20N6O3S/c26-19(15-6-2-1-3-7-15)24-11-5-8-16(13-24)21-29(27,28)18-10-4-9-17(12-18)25-14-20-22-23-25/h1-4,6-7,9-10,12,14,16,21H,5,8,11,13H2/t16-/m1/s1. The van der Waals surface area contributed by atoms with E-state index in [1.807, 2.05) is 18.2 Å². The number of tetrazole rings is 1. The van der Waals surface area contributed by atoms with Gasteiger partial charge in [0.2, 0.25) is 10.0 Å². The molecule has 2 heterocycles. The van der Waals surface area contributed by atoms with E-state index in [9.17, 15) is 13.2 Å². The van der Waals surface area contributed by atoms with Gasteiger partial charge in [0.05, 0.1) is 10.6 Å². The number of nitrogens with zero attached hydrogens (tertiary/aromatic N) is 5. The minimum absolute atomic E-state index is 0.0878. The van der Waals surface area contributed by atoms with Gasteiger partial charge in [-0.1, -0.05) is 24.3 Å². The Hall–Kier alpha value is -3.11. The third-order valence-electron chi connectivity index (χ3n) is 4.79. The molecule has 0 saturated carbocycles. The summed E-state index contributed by atoms with van der Waals surface area (Å²) in [5.41, 5.74) is 1.15. The van der Waals surface area contributed by atoms with E-state index in [2.05, 4.69) is 20.2 Å². The van der Waals surface area contributed by atoms with Crippen molar-refractivity contribution in [3.05, 3.63) is 66.5 Å². The predicted octanol–water partition coefficient (Wildman–Crippen LogP) is 1.25.